The van der Waals surface area contributed by atoms with Crippen molar-refractivity contribution in [1.29, 1.82) is 0 Å². The molecule has 4 aliphatic heterocycles. The third-order valence-corrected chi connectivity index (χ3v) is 13.4. The molecule has 352 valence electrons. The second kappa shape index (κ2) is 21.0. The van der Waals surface area contributed by atoms with Gasteiger partial charge in [0.15, 0.2) is 12.6 Å². The number of aliphatic hydroxyl groups excluding tert-OH is 10. The first kappa shape index (κ1) is 48.7. The number of aliphatic hydroxyl groups is 10. The van der Waals surface area contributed by atoms with Gasteiger partial charge in [-0.05, 0) is 49.0 Å². The first-order chi connectivity index (χ1) is 29.5. The minimum atomic E-state index is -1.68. The number of fused-ring (bicyclic) bond motifs is 2. The highest BCUT2D eigenvalue weighted by molar-refractivity contribution is 5.89. The Bertz CT molecular complexity index is 1600. The molecule has 0 radical (unpaired) electrons. The van der Waals surface area contributed by atoms with Gasteiger partial charge < -0.3 is 89.0 Å². The van der Waals surface area contributed by atoms with E-state index in [1.165, 1.54) is 12.5 Å². The smallest absolute Gasteiger partial charge is 0.337 e. The van der Waals surface area contributed by atoms with Crippen LogP contribution in [0.5, 0.6) is 0 Å². The van der Waals surface area contributed by atoms with E-state index < -0.39 is 135 Å². The molecule has 62 heavy (non-hydrogen) atoms. The summed E-state index contributed by atoms with van der Waals surface area (Å²) in [6, 6.07) is 0. The molecular weight excluding hydrogens is 824 g/mol. The molecule has 6 aliphatic rings. The van der Waals surface area contributed by atoms with Crippen molar-refractivity contribution < 1.29 is 98.5 Å². The van der Waals surface area contributed by atoms with Gasteiger partial charge in [-0.25, -0.2) is 9.59 Å². The maximum absolute atomic E-state index is 13.3. The van der Waals surface area contributed by atoms with Crippen molar-refractivity contribution in [3.63, 3.8) is 0 Å². The average molecular weight is 889 g/mol. The first-order valence-electron chi connectivity index (χ1n) is 21.5. The molecule has 0 aromatic rings. The van der Waals surface area contributed by atoms with Gasteiger partial charge in [0.2, 0.25) is 12.6 Å². The molecule has 2 aliphatic carbocycles. The molecule has 6 rings (SSSR count). The van der Waals surface area contributed by atoms with Gasteiger partial charge in [-0.1, -0.05) is 40.2 Å². The van der Waals surface area contributed by atoms with E-state index in [2.05, 4.69) is 6.58 Å². The van der Waals surface area contributed by atoms with Crippen LogP contribution in [0.3, 0.4) is 0 Å². The van der Waals surface area contributed by atoms with Gasteiger partial charge in [0.05, 0.1) is 68.2 Å². The largest absolute Gasteiger partial charge is 0.472 e. The number of carbonyl (C=O) groups excluding carboxylic acids is 2. The maximum atomic E-state index is 13.3. The van der Waals surface area contributed by atoms with Crippen molar-refractivity contribution >= 4 is 11.9 Å². The number of hydrogen-bond acceptors (Lipinski definition) is 20. The van der Waals surface area contributed by atoms with E-state index in [1.54, 1.807) is 6.92 Å². The fourth-order valence-electron chi connectivity index (χ4n) is 9.40. The van der Waals surface area contributed by atoms with Crippen LogP contribution in [0.25, 0.3) is 0 Å². The Labute approximate surface area is 359 Å². The lowest BCUT2D eigenvalue weighted by Crippen LogP contribution is -2.60. The fraction of sp³-hybridized carbons (Fsp3) is 0.810. The standard InChI is InChI=1S/C42H64O20/c1-17(8-9-55-37(53)23-15-57-39(29-19(3)25(45)10-21(23)29)61-41-35(51)33(49)31(47)27(12-43)59-41)6-5-7-18(2)14-56-38(54)24-16-58-40(30-20(4)26(46)11-22(24)30)62-42-36(52)34(50)32(48)28(13-44)60-42/h15-18,20-22,25-36,39-52H,3,5-14H2,1-2,4H3/t17-,18+,20+,21-,22-,25-,26-,27+,28+,29-,30-,31+,32+,33-,34-,35+,36+,39+,40+,41-,42-/m1/s1. The number of carbonyl (C=O) groups is 2. The van der Waals surface area contributed by atoms with E-state index in [0.29, 0.717) is 12.0 Å². The van der Waals surface area contributed by atoms with Gasteiger partial charge in [-0.2, -0.15) is 0 Å². The highest BCUT2D eigenvalue weighted by atomic mass is 16.8. The quantitative estimate of drug-likeness (QED) is 0.0569. The van der Waals surface area contributed by atoms with Gasteiger partial charge in [-0.15, -0.1) is 0 Å². The van der Waals surface area contributed by atoms with Crippen LogP contribution in [0, 0.1) is 41.4 Å². The molecule has 21 atom stereocenters. The number of hydrogen-bond donors (Lipinski definition) is 10. The Morgan fingerprint density at radius 3 is 1.82 bits per heavy atom. The summed E-state index contributed by atoms with van der Waals surface area (Å²) in [5.74, 6) is -3.76. The van der Waals surface area contributed by atoms with Gasteiger partial charge in [0, 0.05) is 17.8 Å². The minimum absolute atomic E-state index is 0.0106. The molecule has 0 unspecified atom stereocenters. The van der Waals surface area contributed by atoms with Gasteiger partial charge in [0.1, 0.15) is 48.8 Å². The maximum Gasteiger partial charge on any atom is 0.337 e. The zero-order chi connectivity index (χ0) is 45.2. The van der Waals surface area contributed by atoms with Crippen molar-refractivity contribution in [2.75, 3.05) is 26.4 Å². The van der Waals surface area contributed by atoms with E-state index in [4.69, 9.17) is 37.9 Å². The average Bonchev–Trinajstić information content (AvgIpc) is 3.72. The van der Waals surface area contributed by atoms with Crippen molar-refractivity contribution in [2.24, 2.45) is 41.4 Å². The predicted octanol–water partition coefficient (Wildman–Crippen LogP) is -1.79. The summed E-state index contributed by atoms with van der Waals surface area (Å²) >= 11 is 0. The highest BCUT2D eigenvalue weighted by Crippen LogP contribution is 2.49. The SMILES string of the molecule is C=C1[C@H]2[C@H](O[C@H]3O[C@@H](CO)[C@H](O)[C@@H](O)[C@@H]3O)OC=C(C(=O)OCC[C@H](C)CCC[C@H](C)COC(=O)C3=CO[C@@H](O[C@H]4O[C@@H](CO)[C@H](O)[C@@H](O)[C@@H]4O)[C@@H]4[C@@H](C)[C@H](O)C[C@H]34)[C@H]2C[C@H]1O. The second-order valence-corrected chi connectivity index (χ2v) is 17.8. The van der Waals surface area contributed by atoms with Gasteiger partial charge >= 0.3 is 11.9 Å². The molecule has 0 aromatic carbocycles. The van der Waals surface area contributed by atoms with E-state index >= 15 is 0 Å². The lowest BCUT2D eigenvalue weighted by Gasteiger charge is -2.43. The third kappa shape index (κ3) is 10.3. The Kier molecular flexibility index (Phi) is 16.5. The summed E-state index contributed by atoms with van der Waals surface area (Å²) < 4.78 is 45.5. The molecule has 0 spiro atoms. The van der Waals surface area contributed by atoms with Crippen LogP contribution in [-0.4, -0.2) is 176 Å². The molecule has 0 bridgehead atoms. The molecule has 20 heteroatoms. The Hall–Kier alpha value is -2.80. The molecule has 20 nitrogen and oxygen atoms in total. The van der Waals surface area contributed by atoms with Crippen LogP contribution in [0.15, 0.2) is 35.8 Å². The summed E-state index contributed by atoms with van der Waals surface area (Å²) in [5.41, 5.74) is 0.765. The van der Waals surface area contributed by atoms with E-state index in [1.807, 2.05) is 13.8 Å². The molecule has 0 amide bonds. The minimum Gasteiger partial charge on any atom is -0.472 e. The number of esters is 2. The van der Waals surface area contributed by atoms with Crippen LogP contribution in [0.4, 0.5) is 0 Å². The van der Waals surface area contributed by atoms with E-state index in [0.717, 1.165) is 19.3 Å². The predicted molar refractivity (Wildman–Crippen MR) is 208 cm³/mol. The topological polar surface area (TPSA) is 310 Å². The molecule has 2 saturated carbocycles. The molecular formula is C42H64O20. The van der Waals surface area contributed by atoms with Crippen molar-refractivity contribution in [3.8, 4) is 0 Å². The molecule has 4 heterocycles. The number of rotatable bonds is 17. The lowest BCUT2D eigenvalue weighted by atomic mass is 9.83. The van der Waals surface area contributed by atoms with Crippen LogP contribution < -0.4 is 0 Å². The van der Waals surface area contributed by atoms with E-state index in [-0.39, 0.29) is 55.0 Å². The normalized spacial score (nSPS) is 42.7. The summed E-state index contributed by atoms with van der Waals surface area (Å²) in [6.45, 7) is 8.71. The molecule has 0 aromatic heterocycles. The lowest BCUT2D eigenvalue weighted by molar-refractivity contribution is -0.342. The third-order valence-electron chi connectivity index (χ3n) is 13.4. The molecule has 2 saturated heterocycles. The Morgan fingerprint density at radius 2 is 1.23 bits per heavy atom. The van der Waals surface area contributed by atoms with Crippen molar-refractivity contribution in [2.45, 2.75) is 145 Å². The zero-order valence-corrected chi connectivity index (χ0v) is 35.1. The van der Waals surface area contributed by atoms with Crippen molar-refractivity contribution in [1.82, 2.24) is 0 Å². The first-order valence-corrected chi connectivity index (χ1v) is 21.5. The highest BCUT2D eigenvalue weighted by Gasteiger charge is 2.55. The summed E-state index contributed by atoms with van der Waals surface area (Å²) in [7, 11) is 0. The summed E-state index contributed by atoms with van der Waals surface area (Å²) in [6.07, 6.45) is -13.4. The summed E-state index contributed by atoms with van der Waals surface area (Å²) in [5, 5.41) is 102. The van der Waals surface area contributed by atoms with Crippen LogP contribution in [0.1, 0.15) is 59.3 Å². The van der Waals surface area contributed by atoms with Crippen LogP contribution in [-0.2, 0) is 47.5 Å². The zero-order valence-electron chi connectivity index (χ0n) is 35.1. The fourth-order valence-corrected chi connectivity index (χ4v) is 9.40. The molecule has 4 fully saturated rings. The second-order valence-electron chi connectivity index (χ2n) is 17.8. The summed E-state index contributed by atoms with van der Waals surface area (Å²) in [4.78, 5) is 26.6. The van der Waals surface area contributed by atoms with Gasteiger partial charge in [0.25, 0.3) is 0 Å². The Morgan fingerprint density at radius 1 is 0.694 bits per heavy atom. The molecule has 10 N–H and O–H groups in total. The van der Waals surface area contributed by atoms with E-state index in [9.17, 15) is 60.7 Å². The Balaban J connectivity index is 0.921. The number of ether oxygens (including phenoxy) is 8. The van der Waals surface area contributed by atoms with Crippen LogP contribution in [0.2, 0.25) is 0 Å². The van der Waals surface area contributed by atoms with Crippen LogP contribution >= 0.6 is 0 Å². The monoisotopic (exact) mass is 888 g/mol. The van der Waals surface area contributed by atoms with Gasteiger partial charge in [-0.3, -0.25) is 0 Å². The van der Waals surface area contributed by atoms with Crippen molar-refractivity contribution in [3.05, 3.63) is 35.8 Å².